The third-order valence-corrected chi connectivity index (χ3v) is 4.90. The van der Waals surface area contributed by atoms with Crippen LogP contribution in [0.4, 0.5) is 10.7 Å². The van der Waals surface area contributed by atoms with Crippen molar-refractivity contribution in [1.29, 1.82) is 0 Å². The molecule has 2 heterocycles. The van der Waals surface area contributed by atoms with E-state index in [4.69, 9.17) is 11.6 Å². The number of hydrogen-bond donors (Lipinski definition) is 0. The predicted octanol–water partition coefficient (Wildman–Crippen LogP) is 3.54. The average molecular weight is 307 g/mol. The van der Waals surface area contributed by atoms with Gasteiger partial charge in [0.05, 0.1) is 20.6 Å². The number of aldehydes is 1. The van der Waals surface area contributed by atoms with Gasteiger partial charge in [0.25, 0.3) is 0 Å². The summed E-state index contributed by atoms with van der Waals surface area (Å²) in [4.78, 5) is 16.2. The highest BCUT2D eigenvalue weighted by molar-refractivity contribution is 7.17. The lowest BCUT2D eigenvalue weighted by atomic mass is 10.2. The predicted molar refractivity (Wildman–Crippen MR) is 85.6 cm³/mol. The van der Waals surface area contributed by atoms with E-state index in [1.807, 2.05) is 30.3 Å². The number of halogens is 1. The van der Waals surface area contributed by atoms with Gasteiger partial charge in [-0.1, -0.05) is 23.7 Å². The standard InChI is InChI=1S/C15H15ClN2OS/c16-13-3-1-2-4-14(13)17-7-9-18(10-8-17)15-6-5-12(11-19)20-15/h1-6,11H,7-10H2. The summed E-state index contributed by atoms with van der Waals surface area (Å²) in [5, 5.41) is 1.98. The fraction of sp³-hybridized carbons (Fsp3) is 0.267. The first-order valence-electron chi connectivity index (χ1n) is 6.57. The number of rotatable bonds is 3. The molecule has 0 atom stereocenters. The number of piperazine rings is 1. The summed E-state index contributed by atoms with van der Waals surface area (Å²) in [6.45, 7) is 3.78. The second kappa shape index (κ2) is 5.85. The summed E-state index contributed by atoms with van der Waals surface area (Å²) in [5.74, 6) is 0. The van der Waals surface area contributed by atoms with Gasteiger partial charge >= 0.3 is 0 Å². The van der Waals surface area contributed by atoms with Gasteiger partial charge in [0.2, 0.25) is 0 Å². The lowest BCUT2D eigenvalue weighted by Crippen LogP contribution is -2.46. The van der Waals surface area contributed by atoms with Crippen molar-refractivity contribution < 1.29 is 4.79 Å². The van der Waals surface area contributed by atoms with Crippen LogP contribution in [0.3, 0.4) is 0 Å². The van der Waals surface area contributed by atoms with E-state index in [1.54, 1.807) is 11.3 Å². The Bertz CT molecular complexity index is 605. The van der Waals surface area contributed by atoms with Crippen LogP contribution in [0, 0.1) is 0 Å². The number of thiophene rings is 1. The Morgan fingerprint density at radius 2 is 1.70 bits per heavy atom. The van der Waals surface area contributed by atoms with Gasteiger partial charge in [-0.3, -0.25) is 4.79 Å². The molecule has 3 nitrogen and oxygen atoms in total. The van der Waals surface area contributed by atoms with E-state index in [1.165, 1.54) is 5.00 Å². The van der Waals surface area contributed by atoms with Gasteiger partial charge in [-0.25, -0.2) is 0 Å². The second-order valence-electron chi connectivity index (χ2n) is 4.72. The molecule has 1 saturated heterocycles. The van der Waals surface area contributed by atoms with Crippen LogP contribution in [-0.2, 0) is 0 Å². The van der Waals surface area contributed by atoms with Crippen molar-refractivity contribution in [3.8, 4) is 0 Å². The highest BCUT2D eigenvalue weighted by atomic mass is 35.5. The molecule has 1 aliphatic heterocycles. The van der Waals surface area contributed by atoms with Crippen LogP contribution in [0.25, 0.3) is 0 Å². The molecule has 1 aliphatic rings. The average Bonchev–Trinajstić information content (AvgIpc) is 2.97. The maximum absolute atomic E-state index is 10.7. The molecule has 0 amide bonds. The molecular weight excluding hydrogens is 292 g/mol. The van der Waals surface area contributed by atoms with Gasteiger partial charge in [-0.15, -0.1) is 11.3 Å². The van der Waals surface area contributed by atoms with E-state index >= 15 is 0 Å². The number of carbonyl (C=O) groups excluding carboxylic acids is 1. The number of nitrogens with zero attached hydrogens (tertiary/aromatic N) is 2. The molecule has 1 fully saturated rings. The summed E-state index contributed by atoms with van der Waals surface area (Å²) in [6.07, 6.45) is 0.911. The van der Waals surface area contributed by atoms with Gasteiger partial charge in [0.15, 0.2) is 6.29 Å². The lowest BCUT2D eigenvalue weighted by molar-refractivity contribution is 0.112. The van der Waals surface area contributed by atoms with Crippen molar-refractivity contribution >= 4 is 39.9 Å². The Labute approximate surface area is 127 Å². The van der Waals surface area contributed by atoms with Crippen LogP contribution in [0.5, 0.6) is 0 Å². The summed E-state index contributed by atoms with van der Waals surface area (Å²) in [7, 11) is 0. The fourth-order valence-corrected chi connectivity index (χ4v) is 3.58. The fourth-order valence-electron chi connectivity index (χ4n) is 2.45. The maximum atomic E-state index is 10.7. The largest absolute Gasteiger partial charge is 0.367 e. The number of carbonyl (C=O) groups is 1. The van der Waals surface area contributed by atoms with Gasteiger partial charge in [0.1, 0.15) is 0 Å². The summed E-state index contributed by atoms with van der Waals surface area (Å²) in [5.41, 5.74) is 1.11. The molecule has 104 valence electrons. The summed E-state index contributed by atoms with van der Waals surface area (Å²) in [6, 6.07) is 11.9. The van der Waals surface area contributed by atoms with Crippen LogP contribution >= 0.6 is 22.9 Å². The Morgan fingerprint density at radius 3 is 2.35 bits per heavy atom. The van der Waals surface area contributed by atoms with Crippen LogP contribution in [-0.4, -0.2) is 32.5 Å². The van der Waals surface area contributed by atoms with Crippen molar-refractivity contribution in [3.63, 3.8) is 0 Å². The molecule has 20 heavy (non-hydrogen) atoms. The zero-order valence-electron chi connectivity index (χ0n) is 11.0. The first-order valence-corrected chi connectivity index (χ1v) is 7.77. The first-order chi connectivity index (χ1) is 9.78. The second-order valence-corrected chi connectivity index (χ2v) is 6.22. The Morgan fingerprint density at radius 1 is 1.00 bits per heavy atom. The van der Waals surface area contributed by atoms with Crippen LogP contribution in [0.2, 0.25) is 5.02 Å². The molecular formula is C15H15ClN2OS. The smallest absolute Gasteiger partial charge is 0.160 e. The molecule has 0 saturated carbocycles. The number of hydrogen-bond acceptors (Lipinski definition) is 4. The Hall–Kier alpha value is -1.52. The molecule has 3 rings (SSSR count). The summed E-state index contributed by atoms with van der Waals surface area (Å²) >= 11 is 7.79. The molecule has 0 spiro atoms. The number of benzene rings is 1. The van der Waals surface area contributed by atoms with E-state index in [2.05, 4.69) is 15.9 Å². The van der Waals surface area contributed by atoms with Crippen molar-refractivity contribution in [3.05, 3.63) is 46.3 Å². The molecule has 0 N–H and O–H groups in total. The molecule has 1 aromatic heterocycles. The van der Waals surface area contributed by atoms with Crippen molar-refractivity contribution in [1.82, 2.24) is 0 Å². The van der Waals surface area contributed by atoms with E-state index in [9.17, 15) is 4.79 Å². The molecule has 1 aromatic carbocycles. The molecule has 0 bridgehead atoms. The van der Waals surface area contributed by atoms with E-state index < -0.39 is 0 Å². The van der Waals surface area contributed by atoms with Gasteiger partial charge in [0, 0.05) is 26.2 Å². The topological polar surface area (TPSA) is 23.6 Å². The zero-order chi connectivity index (χ0) is 13.9. The minimum atomic E-state index is 0.786. The third kappa shape index (κ3) is 2.67. The minimum Gasteiger partial charge on any atom is -0.367 e. The Balaban J connectivity index is 1.68. The van der Waals surface area contributed by atoms with E-state index in [0.29, 0.717) is 0 Å². The SMILES string of the molecule is O=Cc1ccc(N2CCN(c3ccccc3Cl)CC2)s1. The quantitative estimate of drug-likeness (QED) is 0.810. The summed E-state index contributed by atoms with van der Waals surface area (Å²) < 4.78 is 0. The van der Waals surface area contributed by atoms with Gasteiger partial charge in [-0.2, -0.15) is 0 Å². The van der Waals surface area contributed by atoms with Gasteiger partial charge in [-0.05, 0) is 24.3 Å². The first kappa shape index (κ1) is 13.5. The minimum absolute atomic E-state index is 0.786. The Kier molecular flexibility index (Phi) is 3.94. The normalized spacial score (nSPS) is 15.4. The van der Waals surface area contributed by atoms with Crippen LogP contribution in [0.15, 0.2) is 36.4 Å². The third-order valence-electron chi connectivity index (χ3n) is 3.51. The number of anilines is 2. The van der Waals surface area contributed by atoms with Crippen LogP contribution < -0.4 is 9.80 Å². The van der Waals surface area contributed by atoms with Crippen molar-refractivity contribution in [2.45, 2.75) is 0 Å². The van der Waals surface area contributed by atoms with Crippen molar-refractivity contribution in [2.24, 2.45) is 0 Å². The zero-order valence-corrected chi connectivity index (χ0v) is 12.5. The van der Waals surface area contributed by atoms with Crippen molar-refractivity contribution in [2.75, 3.05) is 36.0 Å². The van der Waals surface area contributed by atoms with E-state index in [0.717, 1.165) is 48.1 Å². The molecule has 2 aromatic rings. The highest BCUT2D eigenvalue weighted by Crippen LogP contribution is 2.29. The monoisotopic (exact) mass is 306 g/mol. The molecule has 0 radical (unpaired) electrons. The highest BCUT2D eigenvalue weighted by Gasteiger charge is 2.19. The van der Waals surface area contributed by atoms with Crippen LogP contribution in [0.1, 0.15) is 9.67 Å². The molecule has 0 unspecified atom stereocenters. The van der Waals surface area contributed by atoms with E-state index in [-0.39, 0.29) is 0 Å². The molecule has 5 heteroatoms. The lowest BCUT2D eigenvalue weighted by Gasteiger charge is -2.37. The van der Waals surface area contributed by atoms with Gasteiger partial charge < -0.3 is 9.80 Å². The molecule has 0 aliphatic carbocycles. The maximum Gasteiger partial charge on any atom is 0.160 e. The number of para-hydroxylation sites is 1.